The first-order chi connectivity index (χ1) is 14.9. The second-order valence-electron chi connectivity index (χ2n) is 6.88. The van der Waals surface area contributed by atoms with Gasteiger partial charge in [0.2, 0.25) is 10.0 Å². The van der Waals surface area contributed by atoms with Crippen LogP contribution >= 0.6 is 23.8 Å². The number of sulfonamides is 1. The highest BCUT2D eigenvalue weighted by molar-refractivity contribution is 7.89. The lowest BCUT2D eigenvalue weighted by Crippen LogP contribution is -2.32. The minimum Gasteiger partial charge on any atom is -0.271 e. The summed E-state index contributed by atoms with van der Waals surface area (Å²) in [5, 5.41) is 7.75. The number of halogens is 1. The zero-order valence-corrected chi connectivity index (χ0v) is 18.7. The molecule has 0 radical (unpaired) electrons. The fraction of sp³-hybridized carbons (Fsp3) is 0.0909. The van der Waals surface area contributed by atoms with Gasteiger partial charge in [0.05, 0.1) is 10.9 Å². The molecule has 0 amide bonds. The van der Waals surface area contributed by atoms with Crippen molar-refractivity contribution in [3.05, 3.63) is 106 Å². The van der Waals surface area contributed by atoms with Crippen LogP contribution < -0.4 is 4.72 Å². The fourth-order valence-corrected chi connectivity index (χ4v) is 4.86. The molecule has 0 aliphatic heterocycles. The van der Waals surface area contributed by atoms with Gasteiger partial charge in [-0.05, 0) is 60.6 Å². The van der Waals surface area contributed by atoms with Crippen molar-refractivity contribution in [3.8, 4) is 5.69 Å². The largest absolute Gasteiger partial charge is 0.271 e. The van der Waals surface area contributed by atoms with Gasteiger partial charge in [0.25, 0.3) is 0 Å². The van der Waals surface area contributed by atoms with Crippen molar-refractivity contribution in [2.24, 2.45) is 0 Å². The Morgan fingerprint density at radius 2 is 1.58 bits per heavy atom. The third-order valence-electron chi connectivity index (χ3n) is 4.73. The highest BCUT2D eigenvalue weighted by Gasteiger charge is 2.26. The first-order valence-corrected chi connectivity index (χ1v) is 11.8. The third kappa shape index (κ3) is 4.94. The summed E-state index contributed by atoms with van der Waals surface area (Å²) in [6.07, 6.45) is 0.389. The molecular formula is C22H19ClN4O2S2. The van der Waals surface area contributed by atoms with Crippen LogP contribution in [0.5, 0.6) is 0 Å². The Morgan fingerprint density at radius 1 is 0.968 bits per heavy atom. The first kappa shape index (κ1) is 21.5. The quantitative estimate of drug-likeness (QED) is 0.378. The van der Waals surface area contributed by atoms with E-state index in [0.717, 1.165) is 11.3 Å². The number of aromatic nitrogens is 3. The van der Waals surface area contributed by atoms with Crippen molar-refractivity contribution in [2.75, 3.05) is 0 Å². The number of nitrogens with one attached hydrogen (secondary N) is 2. The average Bonchev–Trinajstić information content (AvgIpc) is 3.16. The second kappa shape index (κ2) is 9.15. The predicted molar refractivity (Wildman–Crippen MR) is 123 cm³/mol. The molecule has 3 aromatic carbocycles. The van der Waals surface area contributed by atoms with Gasteiger partial charge in [0.1, 0.15) is 0 Å². The summed E-state index contributed by atoms with van der Waals surface area (Å²) < 4.78 is 31.1. The van der Waals surface area contributed by atoms with Gasteiger partial charge in [-0.3, -0.25) is 9.67 Å². The van der Waals surface area contributed by atoms with Crippen molar-refractivity contribution in [1.29, 1.82) is 0 Å². The molecule has 6 nitrogen and oxygen atoms in total. The average molecular weight is 471 g/mol. The molecule has 158 valence electrons. The van der Waals surface area contributed by atoms with Crippen LogP contribution in [0.3, 0.4) is 0 Å². The van der Waals surface area contributed by atoms with E-state index in [1.54, 1.807) is 47.0 Å². The van der Waals surface area contributed by atoms with Crippen molar-refractivity contribution < 1.29 is 8.42 Å². The monoisotopic (exact) mass is 470 g/mol. The van der Waals surface area contributed by atoms with Crippen LogP contribution in [0.4, 0.5) is 0 Å². The predicted octanol–water partition coefficient (Wildman–Crippen LogP) is 4.85. The van der Waals surface area contributed by atoms with E-state index in [9.17, 15) is 8.42 Å². The number of nitrogens with zero attached hydrogens (tertiary/aromatic N) is 2. The molecule has 4 aromatic rings. The molecule has 0 unspecified atom stereocenters. The van der Waals surface area contributed by atoms with Crippen molar-refractivity contribution in [1.82, 2.24) is 19.5 Å². The molecule has 0 bridgehead atoms. The van der Waals surface area contributed by atoms with E-state index in [2.05, 4.69) is 14.9 Å². The summed E-state index contributed by atoms with van der Waals surface area (Å²) in [5.41, 5.74) is 1.69. The van der Waals surface area contributed by atoms with Crippen LogP contribution in [-0.4, -0.2) is 23.2 Å². The van der Waals surface area contributed by atoms with E-state index in [1.165, 1.54) is 0 Å². The van der Waals surface area contributed by atoms with E-state index in [4.69, 9.17) is 23.8 Å². The highest BCUT2D eigenvalue weighted by Crippen LogP contribution is 2.24. The maximum atomic E-state index is 13.1. The topological polar surface area (TPSA) is 79.8 Å². The summed E-state index contributed by atoms with van der Waals surface area (Å²) in [5.74, 6) is 0.454. The molecule has 0 fully saturated rings. The van der Waals surface area contributed by atoms with Gasteiger partial charge in [-0.1, -0.05) is 60.1 Å². The van der Waals surface area contributed by atoms with Crippen molar-refractivity contribution >= 4 is 33.8 Å². The molecule has 0 aliphatic carbocycles. The Morgan fingerprint density at radius 3 is 2.23 bits per heavy atom. The standard InChI is InChI=1S/C22H19ClN4O2S2/c23-17-11-13-18(14-12-17)27-21(24-25-22(27)30)20(15-16-7-3-1-4-8-16)26-31(28,29)19-9-5-2-6-10-19/h1-14,20,26H,15H2,(H,25,30)/t20-/m1/s1. The van der Waals surface area contributed by atoms with E-state index in [0.29, 0.717) is 22.0 Å². The lowest BCUT2D eigenvalue weighted by atomic mass is 10.1. The number of hydrogen-bond donors (Lipinski definition) is 2. The van der Waals surface area contributed by atoms with E-state index in [1.807, 2.05) is 42.5 Å². The highest BCUT2D eigenvalue weighted by atomic mass is 35.5. The van der Waals surface area contributed by atoms with Gasteiger partial charge in [0, 0.05) is 10.7 Å². The summed E-state index contributed by atoms with van der Waals surface area (Å²) >= 11 is 11.5. The van der Waals surface area contributed by atoms with Crippen LogP contribution in [0.2, 0.25) is 5.02 Å². The lowest BCUT2D eigenvalue weighted by Gasteiger charge is -2.19. The molecule has 4 rings (SSSR count). The summed E-state index contributed by atoms with van der Waals surface area (Å²) in [6, 6.07) is 24.3. The SMILES string of the molecule is O=S(=O)(N[C@H](Cc1ccccc1)c1n[nH]c(=S)n1-c1ccc(Cl)cc1)c1ccccc1. The molecule has 1 atom stereocenters. The summed E-state index contributed by atoms with van der Waals surface area (Å²) in [7, 11) is -3.80. The molecule has 31 heavy (non-hydrogen) atoms. The molecule has 2 N–H and O–H groups in total. The Hall–Kier alpha value is -2.78. The van der Waals surface area contributed by atoms with Crippen LogP contribution in [0.15, 0.2) is 89.8 Å². The number of rotatable bonds is 7. The van der Waals surface area contributed by atoms with Crippen LogP contribution in [0, 0.1) is 4.77 Å². The smallest absolute Gasteiger partial charge is 0.241 e. The number of aromatic amines is 1. The Balaban J connectivity index is 1.79. The van der Waals surface area contributed by atoms with E-state index >= 15 is 0 Å². The molecule has 1 heterocycles. The van der Waals surface area contributed by atoms with Crippen LogP contribution in [0.25, 0.3) is 5.69 Å². The molecule has 0 saturated carbocycles. The van der Waals surface area contributed by atoms with E-state index < -0.39 is 16.1 Å². The molecular weight excluding hydrogens is 452 g/mol. The minimum atomic E-state index is -3.80. The molecule has 9 heteroatoms. The zero-order valence-electron chi connectivity index (χ0n) is 16.3. The van der Waals surface area contributed by atoms with Crippen molar-refractivity contribution in [2.45, 2.75) is 17.4 Å². The van der Waals surface area contributed by atoms with Gasteiger partial charge in [-0.2, -0.15) is 5.10 Å². The van der Waals surface area contributed by atoms with Crippen LogP contribution in [-0.2, 0) is 16.4 Å². The summed E-state index contributed by atoms with van der Waals surface area (Å²) in [4.78, 5) is 0.181. The van der Waals surface area contributed by atoms with Gasteiger partial charge < -0.3 is 0 Å². The van der Waals surface area contributed by atoms with Gasteiger partial charge in [0.15, 0.2) is 10.6 Å². The second-order valence-corrected chi connectivity index (χ2v) is 9.41. The minimum absolute atomic E-state index is 0.181. The lowest BCUT2D eigenvalue weighted by molar-refractivity contribution is 0.538. The molecule has 1 aromatic heterocycles. The Bertz CT molecular complexity index is 1320. The zero-order chi connectivity index (χ0) is 21.8. The Labute approximate surface area is 190 Å². The fourth-order valence-electron chi connectivity index (χ4n) is 3.27. The number of hydrogen-bond acceptors (Lipinski definition) is 4. The molecule has 0 aliphatic rings. The number of H-pyrrole nitrogens is 1. The van der Waals surface area contributed by atoms with Crippen molar-refractivity contribution in [3.63, 3.8) is 0 Å². The maximum Gasteiger partial charge on any atom is 0.241 e. The molecule has 0 spiro atoms. The number of benzene rings is 3. The normalized spacial score (nSPS) is 12.5. The first-order valence-electron chi connectivity index (χ1n) is 9.48. The van der Waals surface area contributed by atoms with Gasteiger partial charge >= 0.3 is 0 Å². The Kier molecular flexibility index (Phi) is 6.33. The van der Waals surface area contributed by atoms with Gasteiger partial charge in [-0.15, -0.1) is 0 Å². The van der Waals surface area contributed by atoms with Crippen LogP contribution in [0.1, 0.15) is 17.4 Å². The van der Waals surface area contributed by atoms with E-state index in [-0.39, 0.29) is 4.90 Å². The third-order valence-corrected chi connectivity index (χ3v) is 6.74. The molecule has 0 saturated heterocycles. The summed E-state index contributed by atoms with van der Waals surface area (Å²) in [6.45, 7) is 0. The maximum absolute atomic E-state index is 13.1. The van der Waals surface area contributed by atoms with Gasteiger partial charge in [-0.25, -0.2) is 13.1 Å².